The third-order valence-electron chi connectivity index (χ3n) is 2.92. The smallest absolute Gasteiger partial charge is 0.251 e. The summed E-state index contributed by atoms with van der Waals surface area (Å²) in [7, 11) is 0. The van der Waals surface area contributed by atoms with Crippen molar-refractivity contribution in [2.45, 2.75) is 25.3 Å². The van der Waals surface area contributed by atoms with Crippen LogP contribution in [-0.4, -0.2) is 16.8 Å². The van der Waals surface area contributed by atoms with Gasteiger partial charge in [-0.05, 0) is 37.5 Å². The van der Waals surface area contributed by atoms with Gasteiger partial charge in [-0.2, -0.15) is 0 Å². The van der Waals surface area contributed by atoms with Gasteiger partial charge in [-0.15, -0.1) is 0 Å². The Kier molecular flexibility index (Phi) is 3.27. The molecule has 0 saturated heterocycles. The molecule has 4 heteroatoms. The second kappa shape index (κ2) is 4.38. The zero-order chi connectivity index (χ0) is 11.8. The van der Waals surface area contributed by atoms with E-state index >= 15 is 0 Å². The summed E-state index contributed by atoms with van der Waals surface area (Å²) in [6.07, 6.45) is 2.09. The summed E-state index contributed by atoms with van der Waals surface area (Å²) < 4.78 is 0. The molecule has 1 aromatic rings. The number of rotatable bonds is 3. The molecule has 0 bridgehead atoms. The van der Waals surface area contributed by atoms with E-state index < -0.39 is 0 Å². The number of carbonyl (C=O) groups excluding carboxylic acids is 1. The Labute approximate surface area is 108 Å². The van der Waals surface area contributed by atoms with Crippen LogP contribution in [0.1, 0.15) is 28.8 Å². The molecule has 1 aliphatic rings. The number of halogens is 2. The minimum atomic E-state index is -0.0427. The number of alkyl halides is 1. The maximum atomic E-state index is 11.9. The zero-order valence-corrected chi connectivity index (χ0v) is 11.4. The van der Waals surface area contributed by atoms with Crippen molar-refractivity contribution in [2.24, 2.45) is 0 Å². The Balaban J connectivity index is 2.12. The van der Waals surface area contributed by atoms with E-state index in [9.17, 15) is 4.79 Å². The summed E-state index contributed by atoms with van der Waals surface area (Å²) in [4.78, 5) is 11.9. The molecule has 16 heavy (non-hydrogen) atoms. The van der Waals surface area contributed by atoms with Crippen molar-refractivity contribution < 1.29 is 4.79 Å². The van der Waals surface area contributed by atoms with Gasteiger partial charge in [0.25, 0.3) is 5.91 Å². The second-order valence-electron chi connectivity index (χ2n) is 4.33. The molecule has 2 rings (SSSR count). The van der Waals surface area contributed by atoms with Crippen molar-refractivity contribution in [3.05, 3.63) is 34.3 Å². The molecule has 0 heterocycles. The lowest BCUT2D eigenvalue weighted by Crippen LogP contribution is -2.38. The van der Waals surface area contributed by atoms with Crippen LogP contribution in [-0.2, 0) is 0 Å². The van der Waals surface area contributed by atoms with Gasteiger partial charge >= 0.3 is 0 Å². The summed E-state index contributed by atoms with van der Waals surface area (Å²) in [6, 6.07) is 5.39. The summed E-state index contributed by atoms with van der Waals surface area (Å²) >= 11 is 9.41. The van der Waals surface area contributed by atoms with Crippen LogP contribution < -0.4 is 5.32 Å². The number of aryl methyl sites for hydroxylation is 1. The van der Waals surface area contributed by atoms with Crippen LogP contribution in [0.25, 0.3) is 0 Å². The van der Waals surface area contributed by atoms with E-state index in [-0.39, 0.29) is 11.4 Å². The lowest BCUT2D eigenvalue weighted by atomic mass is 10.1. The average Bonchev–Trinajstić information content (AvgIpc) is 3.02. The molecule has 1 fully saturated rings. The second-order valence-corrected chi connectivity index (χ2v) is 5.30. The highest BCUT2D eigenvalue weighted by Gasteiger charge is 2.42. The van der Waals surface area contributed by atoms with Gasteiger partial charge in [-0.1, -0.05) is 33.6 Å². The summed E-state index contributed by atoms with van der Waals surface area (Å²) in [6.45, 7) is 1.92. The maximum Gasteiger partial charge on any atom is 0.251 e. The van der Waals surface area contributed by atoms with E-state index in [0.717, 1.165) is 23.7 Å². The van der Waals surface area contributed by atoms with Crippen molar-refractivity contribution in [3.8, 4) is 0 Å². The lowest BCUT2D eigenvalue weighted by molar-refractivity contribution is 0.0936. The number of hydrogen-bond donors (Lipinski definition) is 1. The van der Waals surface area contributed by atoms with Crippen LogP contribution in [0.4, 0.5) is 0 Å². The van der Waals surface area contributed by atoms with Crippen LogP contribution in [0.15, 0.2) is 18.2 Å². The van der Waals surface area contributed by atoms with Crippen molar-refractivity contribution in [2.75, 3.05) is 5.33 Å². The fourth-order valence-corrected chi connectivity index (χ4v) is 2.37. The lowest BCUT2D eigenvalue weighted by Gasteiger charge is -2.14. The first-order valence-electron chi connectivity index (χ1n) is 5.21. The predicted molar refractivity (Wildman–Crippen MR) is 69.4 cm³/mol. The van der Waals surface area contributed by atoms with Crippen LogP contribution in [0, 0.1) is 6.92 Å². The van der Waals surface area contributed by atoms with Gasteiger partial charge in [0.1, 0.15) is 0 Å². The molecule has 0 radical (unpaired) electrons. The van der Waals surface area contributed by atoms with Crippen molar-refractivity contribution in [3.63, 3.8) is 0 Å². The highest BCUT2D eigenvalue weighted by Crippen LogP contribution is 2.37. The molecule has 1 amide bonds. The van der Waals surface area contributed by atoms with Crippen molar-refractivity contribution in [1.82, 2.24) is 5.32 Å². The number of carbonyl (C=O) groups is 1. The van der Waals surface area contributed by atoms with E-state index in [1.54, 1.807) is 12.1 Å². The predicted octanol–water partition coefficient (Wildman–Crippen LogP) is 3.31. The van der Waals surface area contributed by atoms with Gasteiger partial charge in [-0.3, -0.25) is 4.79 Å². The first-order chi connectivity index (χ1) is 7.56. The van der Waals surface area contributed by atoms with E-state index in [1.165, 1.54) is 0 Å². The monoisotopic (exact) mass is 301 g/mol. The van der Waals surface area contributed by atoms with Gasteiger partial charge < -0.3 is 5.32 Å². The van der Waals surface area contributed by atoms with Crippen LogP contribution >= 0.6 is 27.5 Å². The number of amides is 1. The third-order valence-corrected chi connectivity index (χ3v) is 4.40. The van der Waals surface area contributed by atoms with Gasteiger partial charge in [0.15, 0.2) is 0 Å². The Morgan fingerprint density at radius 1 is 1.56 bits per heavy atom. The standard InChI is InChI=1S/C12H13BrClNO/c1-8-2-3-9(6-10(8)14)11(16)15-12(7-13)4-5-12/h2-3,6H,4-5,7H2,1H3,(H,15,16). The molecule has 1 saturated carbocycles. The highest BCUT2D eigenvalue weighted by atomic mass is 79.9. The molecule has 0 aromatic heterocycles. The number of benzene rings is 1. The normalized spacial score (nSPS) is 16.9. The molecule has 0 aliphatic heterocycles. The topological polar surface area (TPSA) is 29.1 Å². The van der Waals surface area contributed by atoms with E-state index in [1.807, 2.05) is 13.0 Å². The highest BCUT2D eigenvalue weighted by molar-refractivity contribution is 9.09. The third kappa shape index (κ3) is 2.41. The van der Waals surface area contributed by atoms with Gasteiger partial charge in [0, 0.05) is 15.9 Å². The van der Waals surface area contributed by atoms with Crippen LogP contribution in [0.3, 0.4) is 0 Å². The molecular weight excluding hydrogens is 289 g/mol. The molecule has 1 N–H and O–H groups in total. The van der Waals surface area contributed by atoms with E-state index in [4.69, 9.17) is 11.6 Å². The summed E-state index contributed by atoms with van der Waals surface area (Å²) in [5.41, 5.74) is 1.59. The Morgan fingerprint density at radius 2 is 2.25 bits per heavy atom. The molecule has 0 spiro atoms. The fraction of sp³-hybridized carbons (Fsp3) is 0.417. The Bertz CT molecular complexity index is 429. The molecule has 2 nitrogen and oxygen atoms in total. The van der Waals surface area contributed by atoms with Crippen LogP contribution in [0.2, 0.25) is 5.02 Å². The molecule has 0 atom stereocenters. The van der Waals surface area contributed by atoms with E-state index in [0.29, 0.717) is 10.6 Å². The van der Waals surface area contributed by atoms with Gasteiger partial charge in [0.05, 0.1) is 5.54 Å². The molecule has 1 aromatic carbocycles. The summed E-state index contributed by atoms with van der Waals surface area (Å²) in [5.74, 6) is -0.0427. The van der Waals surface area contributed by atoms with Gasteiger partial charge in [0.2, 0.25) is 0 Å². The van der Waals surface area contributed by atoms with E-state index in [2.05, 4.69) is 21.2 Å². The van der Waals surface area contributed by atoms with Crippen molar-refractivity contribution in [1.29, 1.82) is 0 Å². The molecule has 0 unspecified atom stereocenters. The first-order valence-corrected chi connectivity index (χ1v) is 6.71. The Hall–Kier alpha value is -0.540. The maximum absolute atomic E-state index is 11.9. The SMILES string of the molecule is Cc1ccc(C(=O)NC2(CBr)CC2)cc1Cl. The molecular formula is C12H13BrClNO. The minimum Gasteiger partial charge on any atom is -0.346 e. The quantitative estimate of drug-likeness (QED) is 0.853. The largest absolute Gasteiger partial charge is 0.346 e. The number of hydrogen-bond acceptors (Lipinski definition) is 1. The molecule has 86 valence electrons. The number of nitrogens with one attached hydrogen (secondary N) is 1. The fourth-order valence-electron chi connectivity index (χ4n) is 1.49. The Morgan fingerprint density at radius 3 is 2.75 bits per heavy atom. The van der Waals surface area contributed by atoms with Gasteiger partial charge in [-0.25, -0.2) is 0 Å². The van der Waals surface area contributed by atoms with Crippen molar-refractivity contribution >= 4 is 33.4 Å². The molecule has 1 aliphatic carbocycles. The first kappa shape index (κ1) is 11.9. The van der Waals surface area contributed by atoms with Crippen LogP contribution in [0.5, 0.6) is 0 Å². The minimum absolute atomic E-state index is 0.0194. The zero-order valence-electron chi connectivity index (χ0n) is 9.02. The average molecular weight is 303 g/mol. The summed E-state index contributed by atoms with van der Waals surface area (Å²) in [5, 5.41) is 4.48.